The third-order valence-corrected chi connectivity index (χ3v) is 6.77. The highest BCUT2D eigenvalue weighted by atomic mass is 32.2. The number of sulfonamides is 1. The largest absolute Gasteiger partial charge is 0.292 e. The summed E-state index contributed by atoms with van der Waals surface area (Å²) < 4.78 is 26.7. The fourth-order valence-corrected chi connectivity index (χ4v) is 5.52. The third kappa shape index (κ3) is 3.06. The van der Waals surface area contributed by atoms with E-state index in [0.717, 1.165) is 5.56 Å². The average Bonchev–Trinajstić information content (AvgIpc) is 3.19. The first-order valence-electron chi connectivity index (χ1n) is 8.34. The van der Waals surface area contributed by atoms with E-state index >= 15 is 0 Å². The number of rotatable bonds is 4. The van der Waals surface area contributed by atoms with Crippen LogP contribution in [0.2, 0.25) is 0 Å². The maximum Gasteiger partial charge on any atom is 0.262 e. The minimum atomic E-state index is -3.37. The molecule has 0 N–H and O–H groups in total. The minimum absolute atomic E-state index is 0.109. The summed E-state index contributed by atoms with van der Waals surface area (Å²) in [5.41, 5.74) is 1.64. The van der Waals surface area contributed by atoms with Crippen molar-refractivity contribution in [3.8, 4) is 0 Å². The van der Waals surface area contributed by atoms with E-state index in [1.165, 1.54) is 32.8 Å². The van der Waals surface area contributed by atoms with Gasteiger partial charge in [0.1, 0.15) is 4.83 Å². The molecule has 7 nitrogen and oxygen atoms in total. The third-order valence-electron chi connectivity index (χ3n) is 4.68. The van der Waals surface area contributed by atoms with Crippen LogP contribution in [0, 0.1) is 0 Å². The molecule has 1 aliphatic rings. The van der Waals surface area contributed by atoms with Crippen molar-refractivity contribution in [2.75, 3.05) is 10.6 Å². The number of carbonyl (C=O) groups excluding carboxylic acids is 1. The molecule has 0 radical (unpaired) electrons. The van der Waals surface area contributed by atoms with Gasteiger partial charge < -0.3 is 0 Å². The van der Waals surface area contributed by atoms with Gasteiger partial charge in [0.25, 0.3) is 5.56 Å². The second-order valence-electron chi connectivity index (χ2n) is 6.70. The van der Waals surface area contributed by atoms with Crippen LogP contribution < -0.4 is 9.86 Å². The summed E-state index contributed by atoms with van der Waals surface area (Å²) in [6.45, 7) is 1.73. The van der Waals surface area contributed by atoms with Gasteiger partial charge in [0.15, 0.2) is 5.78 Å². The SMILES string of the molecule is C[C@@H]1Cc2cc(C(=O)Cn3cnc4sccc4c3=O)ccc2N1S(C)(=O)=O. The van der Waals surface area contributed by atoms with Gasteiger partial charge in [-0.05, 0) is 48.6 Å². The van der Waals surface area contributed by atoms with Crippen molar-refractivity contribution in [2.45, 2.75) is 25.9 Å². The van der Waals surface area contributed by atoms with Gasteiger partial charge in [-0.3, -0.25) is 18.5 Å². The minimum Gasteiger partial charge on any atom is -0.292 e. The van der Waals surface area contributed by atoms with Gasteiger partial charge in [0.05, 0.1) is 30.2 Å². The first-order valence-corrected chi connectivity index (χ1v) is 11.1. The van der Waals surface area contributed by atoms with E-state index in [9.17, 15) is 18.0 Å². The molecular formula is C18H17N3O4S2. The number of hydrogen-bond acceptors (Lipinski definition) is 6. The first-order chi connectivity index (χ1) is 12.8. The monoisotopic (exact) mass is 403 g/mol. The summed E-state index contributed by atoms with van der Waals surface area (Å²) in [5.74, 6) is -0.221. The highest BCUT2D eigenvalue weighted by molar-refractivity contribution is 7.92. The van der Waals surface area contributed by atoms with Gasteiger partial charge in [0, 0.05) is 11.6 Å². The quantitative estimate of drug-likeness (QED) is 0.622. The van der Waals surface area contributed by atoms with Crippen molar-refractivity contribution in [3.63, 3.8) is 0 Å². The zero-order valence-electron chi connectivity index (χ0n) is 14.7. The van der Waals surface area contributed by atoms with Crippen LogP contribution in [0.4, 0.5) is 5.69 Å². The van der Waals surface area contributed by atoms with E-state index < -0.39 is 10.0 Å². The molecule has 3 heterocycles. The number of Topliss-reactive ketones (excluding diaryl/α,β-unsaturated/α-hetero) is 1. The number of nitrogens with zero attached hydrogens (tertiary/aromatic N) is 3. The average molecular weight is 403 g/mol. The van der Waals surface area contributed by atoms with Crippen LogP contribution in [-0.4, -0.2) is 36.0 Å². The Morgan fingerprint density at radius 1 is 1.33 bits per heavy atom. The van der Waals surface area contributed by atoms with Crippen molar-refractivity contribution in [1.29, 1.82) is 0 Å². The Morgan fingerprint density at radius 3 is 2.85 bits per heavy atom. The van der Waals surface area contributed by atoms with Crippen molar-refractivity contribution in [2.24, 2.45) is 0 Å². The summed E-state index contributed by atoms with van der Waals surface area (Å²) in [6.07, 6.45) is 3.11. The highest BCUT2D eigenvalue weighted by Crippen LogP contribution is 2.34. The van der Waals surface area contributed by atoms with Gasteiger partial charge in [-0.2, -0.15) is 0 Å². The zero-order valence-corrected chi connectivity index (χ0v) is 16.4. The molecule has 9 heteroatoms. The molecule has 1 aliphatic heterocycles. The van der Waals surface area contributed by atoms with Crippen molar-refractivity contribution < 1.29 is 13.2 Å². The van der Waals surface area contributed by atoms with Crippen LogP contribution in [0.3, 0.4) is 0 Å². The molecule has 0 amide bonds. The van der Waals surface area contributed by atoms with Crippen molar-refractivity contribution in [3.05, 3.63) is 57.5 Å². The molecule has 1 atom stereocenters. The predicted octanol–water partition coefficient (Wildman–Crippen LogP) is 2.05. The normalized spacial score (nSPS) is 16.7. The molecular weight excluding hydrogens is 386 g/mol. The van der Waals surface area contributed by atoms with E-state index in [1.54, 1.807) is 29.6 Å². The predicted molar refractivity (Wildman–Crippen MR) is 105 cm³/mol. The van der Waals surface area contributed by atoms with Gasteiger partial charge in [-0.25, -0.2) is 13.4 Å². The number of thiophene rings is 1. The molecule has 1 aromatic carbocycles. The molecule has 4 rings (SSSR count). The van der Waals surface area contributed by atoms with Crippen LogP contribution >= 0.6 is 11.3 Å². The van der Waals surface area contributed by atoms with Crippen LogP contribution in [0.15, 0.2) is 40.8 Å². The zero-order chi connectivity index (χ0) is 19.3. The van der Waals surface area contributed by atoms with Gasteiger partial charge in [-0.15, -0.1) is 11.3 Å². The smallest absolute Gasteiger partial charge is 0.262 e. The number of ketones is 1. The lowest BCUT2D eigenvalue weighted by atomic mass is 10.0. The Labute approximate surface area is 159 Å². The maximum atomic E-state index is 12.7. The highest BCUT2D eigenvalue weighted by Gasteiger charge is 2.32. The number of fused-ring (bicyclic) bond motifs is 2. The Bertz CT molecular complexity index is 1230. The second-order valence-corrected chi connectivity index (χ2v) is 9.45. The molecule has 3 aromatic rings. The van der Waals surface area contributed by atoms with Crippen molar-refractivity contribution in [1.82, 2.24) is 9.55 Å². The van der Waals surface area contributed by atoms with Gasteiger partial charge >= 0.3 is 0 Å². The number of benzene rings is 1. The lowest BCUT2D eigenvalue weighted by Gasteiger charge is -2.21. The van der Waals surface area contributed by atoms with E-state index in [-0.39, 0.29) is 23.9 Å². The van der Waals surface area contributed by atoms with Crippen LogP contribution in [0.1, 0.15) is 22.8 Å². The Balaban J connectivity index is 1.65. The molecule has 0 fully saturated rings. The fraction of sp³-hybridized carbons (Fsp3) is 0.278. The van der Waals surface area contributed by atoms with Crippen LogP contribution in [0.25, 0.3) is 10.2 Å². The molecule has 0 bridgehead atoms. The molecule has 0 saturated heterocycles. The topological polar surface area (TPSA) is 89.3 Å². The van der Waals surface area contributed by atoms with Crippen LogP contribution in [0.5, 0.6) is 0 Å². The van der Waals surface area contributed by atoms with E-state index in [1.807, 2.05) is 6.92 Å². The lowest BCUT2D eigenvalue weighted by Crippen LogP contribution is -2.34. The molecule has 0 saturated carbocycles. The van der Waals surface area contributed by atoms with Gasteiger partial charge in [0.2, 0.25) is 10.0 Å². The number of anilines is 1. The fourth-order valence-electron chi connectivity index (χ4n) is 3.53. The molecule has 0 unspecified atom stereocenters. The van der Waals surface area contributed by atoms with Crippen molar-refractivity contribution >= 4 is 43.0 Å². The number of aromatic nitrogens is 2. The maximum absolute atomic E-state index is 12.7. The number of carbonyl (C=O) groups is 1. The summed E-state index contributed by atoms with van der Waals surface area (Å²) in [4.78, 5) is 30.0. The summed E-state index contributed by atoms with van der Waals surface area (Å²) in [7, 11) is -3.37. The lowest BCUT2D eigenvalue weighted by molar-refractivity contribution is 0.0970. The van der Waals surface area contributed by atoms with E-state index in [4.69, 9.17) is 0 Å². The molecule has 0 aliphatic carbocycles. The summed E-state index contributed by atoms with van der Waals surface area (Å²) in [6, 6.07) is 6.51. The number of hydrogen-bond donors (Lipinski definition) is 0. The Hall–Kier alpha value is -2.52. The van der Waals surface area contributed by atoms with E-state index in [2.05, 4.69) is 4.98 Å². The Kier molecular flexibility index (Phi) is 4.15. The first kappa shape index (κ1) is 17.9. The molecule has 2 aromatic heterocycles. The molecule has 140 valence electrons. The second kappa shape index (κ2) is 6.28. The van der Waals surface area contributed by atoms with E-state index in [0.29, 0.717) is 27.9 Å². The summed E-state index contributed by atoms with van der Waals surface area (Å²) in [5, 5.41) is 2.29. The molecule has 27 heavy (non-hydrogen) atoms. The standard InChI is InChI=1S/C18H17N3O4S2/c1-11-7-13-8-12(3-4-15(13)21(11)27(2,24)25)16(22)9-20-10-19-17-14(18(20)23)5-6-26-17/h3-6,8,10-11H,7,9H2,1-2H3/t11-/m1/s1. The summed E-state index contributed by atoms with van der Waals surface area (Å²) >= 11 is 1.38. The van der Waals surface area contributed by atoms with Gasteiger partial charge in [-0.1, -0.05) is 0 Å². The Morgan fingerprint density at radius 2 is 2.11 bits per heavy atom. The molecule has 0 spiro atoms. The van der Waals surface area contributed by atoms with Crippen LogP contribution in [-0.2, 0) is 23.0 Å².